The lowest BCUT2D eigenvalue weighted by atomic mass is 10.1. The Morgan fingerprint density at radius 1 is 1.30 bits per heavy atom. The predicted octanol–water partition coefficient (Wildman–Crippen LogP) is 1.13. The van der Waals surface area contributed by atoms with Crippen molar-refractivity contribution in [1.82, 2.24) is 4.90 Å². The van der Waals surface area contributed by atoms with Gasteiger partial charge in [0.2, 0.25) is 0 Å². The number of azide groups is 1. The van der Waals surface area contributed by atoms with Crippen LogP contribution in [0.1, 0.15) is 6.92 Å². The van der Waals surface area contributed by atoms with Crippen LogP contribution in [0.2, 0.25) is 0 Å². The minimum absolute atomic E-state index is 0.519. The van der Waals surface area contributed by atoms with Crippen molar-refractivity contribution >= 4 is 10.1 Å². The molecule has 0 unspecified atom stereocenters. The van der Waals surface area contributed by atoms with E-state index in [4.69, 9.17) is 18.5 Å². The van der Waals surface area contributed by atoms with E-state index in [9.17, 15) is 13.2 Å². The molecule has 0 amide bonds. The van der Waals surface area contributed by atoms with Crippen LogP contribution in [0.5, 0.6) is 0 Å². The van der Waals surface area contributed by atoms with Gasteiger partial charge in [0.05, 0.1) is 26.2 Å². The number of nitrogens with zero attached hydrogens (tertiary/aromatic N) is 5. The van der Waals surface area contributed by atoms with Crippen LogP contribution in [0.4, 0.5) is 13.2 Å². The third-order valence-corrected chi connectivity index (χ3v) is 4.68. The van der Waals surface area contributed by atoms with E-state index >= 15 is 0 Å². The maximum Gasteiger partial charge on any atom is 0.485 e. The zero-order chi connectivity index (χ0) is 17.7. The number of piperazine rings is 3. The van der Waals surface area contributed by atoms with E-state index in [1.807, 2.05) is 0 Å². The third-order valence-electron chi connectivity index (χ3n) is 4.11. The molecule has 3 rings (SSSR count). The standard InChI is InChI=1S/C10H20N5.CHF3O3S/c1-10(8-12-13-11)9-15-5-2-14(3-6-15)4-7-15;2-1(3,4)8(5,6)7/h10H,2-9H2,1H3;(H,5,6,7)/q+1;/p-1/t10-;/m1./s1. The van der Waals surface area contributed by atoms with E-state index in [0.717, 1.165) is 0 Å². The van der Waals surface area contributed by atoms with Crippen molar-refractivity contribution in [3.8, 4) is 0 Å². The van der Waals surface area contributed by atoms with Crippen LogP contribution in [-0.4, -0.2) is 80.2 Å². The number of hydrogen-bond acceptors (Lipinski definition) is 5. The van der Waals surface area contributed by atoms with Crippen molar-refractivity contribution in [2.24, 2.45) is 11.0 Å². The molecule has 1 atom stereocenters. The van der Waals surface area contributed by atoms with Crippen molar-refractivity contribution in [1.29, 1.82) is 0 Å². The number of quaternary nitrogens is 1. The van der Waals surface area contributed by atoms with Gasteiger partial charge in [0.25, 0.3) is 0 Å². The largest absolute Gasteiger partial charge is 0.741 e. The monoisotopic (exact) mass is 359 g/mol. The molecule has 0 radical (unpaired) electrons. The number of halogens is 3. The van der Waals surface area contributed by atoms with Crippen LogP contribution in [-0.2, 0) is 10.1 Å². The van der Waals surface area contributed by atoms with Crippen molar-refractivity contribution in [3.05, 3.63) is 10.4 Å². The molecule has 0 aliphatic carbocycles. The Bertz CT molecular complexity index is 526. The average Bonchev–Trinajstić information content (AvgIpc) is 2.45. The van der Waals surface area contributed by atoms with Gasteiger partial charge in [-0.25, -0.2) is 8.42 Å². The van der Waals surface area contributed by atoms with Crippen LogP contribution in [0.15, 0.2) is 5.11 Å². The SMILES string of the molecule is C[C@H](CN=[N+]=[N-])C[N+]12CCN(CC1)CC2.O=S(=O)([O-])C(F)(F)F. The Labute approximate surface area is 132 Å². The molecule has 134 valence electrons. The second kappa shape index (κ2) is 7.67. The summed E-state index contributed by atoms with van der Waals surface area (Å²) >= 11 is 0. The molecule has 3 saturated heterocycles. The Balaban J connectivity index is 0.000000284. The number of hydrogen-bond donors (Lipinski definition) is 0. The maximum atomic E-state index is 10.7. The highest BCUT2D eigenvalue weighted by molar-refractivity contribution is 7.86. The summed E-state index contributed by atoms with van der Waals surface area (Å²) in [7, 11) is -6.09. The van der Waals surface area contributed by atoms with Crippen LogP contribution in [0.3, 0.4) is 0 Å². The molecule has 0 aromatic heterocycles. The Hall–Kier alpha value is -1.07. The van der Waals surface area contributed by atoms with Crippen LogP contribution in [0, 0.1) is 5.92 Å². The fraction of sp³-hybridized carbons (Fsp3) is 1.00. The lowest BCUT2D eigenvalue weighted by Crippen LogP contribution is -2.68. The molecule has 2 bridgehead atoms. The van der Waals surface area contributed by atoms with Crippen molar-refractivity contribution in [2.75, 3.05) is 52.4 Å². The summed E-state index contributed by atoms with van der Waals surface area (Å²) in [5.74, 6) is 0.519. The molecule has 3 aliphatic heterocycles. The van der Waals surface area contributed by atoms with E-state index < -0.39 is 15.6 Å². The number of fused-ring (bicyclic) bond motifs is 3. The lowest BCUT2D eigenvalue weighted by Gasteiger charge is -2.51. The van der Waals surface area contributed by atoms with E-state index in [1.54, 1.807) is 0 Å². The molecular formula is C11H20F3N5O3S. The number of alkyl halides is 3. The third kappa shape index (κ3) is 6.15. The van der Waals surface area contributed by atoms with Crippen molar-refractivity contribution in [2.45, 2.75) is 12.4 Å². The summed E-state index contributed by atoms with van der Waals surface area (Å²) in [4.78, 5) is 5.39. The topological polar surface area (TPSA) is 109 Å². The van der Waals surface area contributed by atoms with Gasteiger partial charge >= 0.3 is 5.51 Å². The molecule has 12 heteroatoms. The smallest absolute Gasteiger partial charge is 0.485 e. The highest BCUT2D eigenvalue weighted by Gasteiger charge is 2.39. The summed E-state index contributed by atoms with van der Waals surface area (Å²) in [5, 5.41) is 3.68. The van der Waals surface area contributed by atoms with E-state index in [0.29, 0.717) is 12.5 Å². The van der Waals surface area contributed by atoms with Gasteiger partial charge in [-0.05, 0) is 5.53 Å². The van der Waals surface area contributed by atoms with E-state index in [1.165, 1.54) is 50.3 Å². The predicted molar refractivity (Wildman–Crippen MR) is 75.1 cm³/mol. The minimum Gasteiger partial charge on any atom is -0.741 e. The molecule has 0 N–H and O–H groups in total. The molecule has 0 saturated carbocycles. The minimum atomic E-state index is -6.09. The Morgan fingerprint density at radius 2 is 1.74 bits per heavy atom. The summed E-state index contributed by atoms with van der Waals surface area (Å²) < 4.78 is 60.2. The molecule has 3 heterocycles. The fourth-order valence-corrected chi connectivity index (χ4v) is 2.90. The molecule has 0 spiro atoms. The van der Waals surface area contributed by atoms with Crippen LogP contribution >= 0.6 is 0 Å². The van der Waals surface area contributed by atoms with Crippen molar-refractivity contribution in [3.63, 3.8) is 0 Å². The highest BCUT2D eigenvalue weighted by Crippen LogP contribution is 2.21. The van der Waals surface area contributed by atoms with Gasteiger partial charge in [0.15, 0.2) is 10.1 Å². The van der Waals surface area contributed by atoms with E-state index in [-0.39, 0.29) is 0 Å². The van der Waals surface area contributed by atoms with Gasteiger partial charge < -0.3 is 9.04 Å². The summed E-state index contributed by atoms with van der Waals surface area (Å²) in [6.07, 6.45) is 0. The first-order chi connectivity index (χ1) is 10.5. The van der Waals surface area contributed by atoms with E-state index in [2.05, 4.69) is 21.8 Å². The van der Waals surface area contributed by atoms with Crippen molar-refractivity contribution < 1.29 is 30.6 Å². The average molecular weight is 359 g/mol. The molecular weight excluding hydrogens is 339 g/mol. The highest BCUT2D eigenvalue weighted by atomic mass is 32.2. The molecule has 0 aromatic rings. The summed E-state index contributed by atoms with van der Waals surface area (Å²) in [6.45, 7) is 11.7. The Kier molecular flexibility index (Phi) is 6.66. The van der Waals surface area contributed by atoms with Crippen LogP contribution < -0.4 is 0 Å². The van der Waals surface area contributed by atoms with Crippen LogP contribution in [0.25, 0.3) is 10.4 Å². The second-order valence-corrected chi connectivity index (χ2v) is 7.33. The summed E-state index contributed by atoms with van der Waals surface area (Å²) in [5.41, 5.74) is 2.65. The molecule has 8 nitrogen and oxygen atoms in total. The molecule has 23 heavy (non-hydrogen) atoms. The second-order valence-electron chi connectivity index (χ2n) is 5.96. The van der Waals surface area contributed by atoms with Gasteiger partial charge in [-0.2, -0.15) is 13.2 Å². The zero-order valence-corrected chi connectivity index (χ0v) is 13.6. The van der Waals surface area contributed by atoms with Gasteiger partial charge in [0, 0.05) is 37.0 Å². The fourth-order valence-electron chi connectivity index (χ4n) is 2.90. The van der Waals surface area contributed by atoms with Gasteiger partial charge in [0.1, 0.15) is 0 Å². The molecule has 3 fully saturated rings. The quantitative estimate of drug-likeness (QED) is 0.187. The first-order valence-electron chi connectivity index (χ1n) is 7.09. The Morgan fingerprint density at radius 3 is 2.09 bits per heavy atom. The zero-order valence-electron chi connectivity index (χ0n) is 12.7. The summed E-state index contributed by atoms with van der Waals surface area (Å²) in [6, 6.07) is 0. The molecule has 3 aliphatic rings. The lowest BCUT2D eigenvalue weighted by molar-refractivity contribution is -0.943. The normalized spacial score (nSPS) is 28.3. The number of rotatable bonds is 4. The first kappa shape index (κ1) is 20.0. The van der Waals surface area contributed by atoms with Gasteiger partial charge in [-0.1, -0.05) is 12.0 Å². The van der Waals surface area contributed by atoms with Gasteiger partial charge in [-0.15, -0.1) is 0 Å². The first-order valence-corrected chi connectivity index (χ1v) is 8.50. The molecule has 0 aromatic carbocycles. The van der Waals surface area contributed by atoms with Gasteiger partial charge in [-0.3, -0.25) is 4.90 Å². The maximum absolute atomic E-state index is 10.7.